The third-order valence-electron chi connectivity index (χ3n) is 3.12. The van der Waals surface area contributed by atoms with Crippen LogP contribution >= 0.6 is 0 Å². The molecule has 0 saturated carbocycles. The first-order valence-corrected chi connectivity index (χ1v) is 5.74. The predicted octanol–water partition coefficient (Wildman–Crippen LogP) is 2.07. The summed E-state index contributed by atoms with van der Waals surface area (Å²) in [7, 11) is 0. The molecule has 0 aliphatic heterocycles. The maximum absolute atomic E-state index is 13.1. The molecule has 2 N–H and O–H groups in total. The normalized spacial score (nSPS) is 19.1. The summed E-state index contributed by atoms with van der Waals surface area (Å²) in [5.74, 6) is 0.417. The highest BCUT2D eigenvalue weighted by Gasteiger charge is 2.20. The van der Waals surface area contributed by atoms with E-state index in [4.69, 9.17) is 0 Å². The molecule has 0 radical (unpaired) electrons. The smallest absolute Gasteiger partial charge is 0.137 e. The van der Waals surface area contributed by atoms with Crippen LogP contribution in [-0.2, 0) is 12.8 Å². The first kappa shape index (κ1) is 10.5. The number of hydrogen-bond donors (Lipinski definition) is 2. The Kier molecular flexibility index (Phi) is 2.44. The molecular weight excluding hydrogens is 219 g/mol. The number of halogens is 1. The summed E-state index contributed by atoms with van der Waals surface area (Å²) < 4.78 is 13.1. The highest BCUT2D eigenvalue weighted by atomic mass is 19.1. The van der Waals surface area contributed by atoms with Crippen LogP contribution in [0.25, 0.3) is 11.4 Å². The molecule has 0 fully saturated rings. The molecule has 0 spiro atoms. The van der Waals surface area contributed by atoms with Crippen molar-refractivity contribution in [1.29, 1.82) is 0 Å². The van der Waals surface area contributed by atoms with Crippen molar-refractivity contribution >= 4 is 0 Å². The molecule has 2 aromatic rings. The number of H-pyrrole nitrogens is 1. The average Bonchev–Trinajstić information content (AvgIpc) is 2.72. The lowest BCUT2D eigenvalue weighted by atomic mass is 9.99. The predicted molar refractivity (Wildman–Crippen MR) is 62.0 cm³/mol. The zero-order valence-corrected chi connectivity index (χ0v) is 9.28. The largest absolute Gasteiger partial charge is 0.393 e. The molecule has 1 atom stereocenters. The van der Waals surface area contributed by atoms with Crippen LogP contribution in [-0.4, -0.2) is 21.2 Å². The number of aliphatic hydroxyl groups is 1. The van der Waals surface area contributed by atoms with E-state index in [-0.39, 0.29) is 11.9 Å². The van der Waals surface area contributed by atoms with E-state index in [0.29, 0.717) is 12.2 Å². The van der Waals surface area contributed by atoms with Gasteiger partial charge in [0.2, 0.25) is 0 Å². The number of imidazole rings is 1. The van der Waals surface area contributed by atoms with E-state index in [1.807, 2.05) is 6.07 Å². The molecular formula is C13H13FN2O. The number of aromatic nitrogens is 2. The van der Waals surface area contributed by atoms with Crippen molar-refractivity contribution in [2.24, 2.45) is 0 Å². The van der Waals surface area contributed by atoms with Crippen LogP contribution in [0.15, 0.2) is 24.3 Å². The van der Waals surface area contributed by atoms with E-state index in [1.165, 1.54) is 12.1 Å². The summed E-state index contributed by atoms with van der Waals surface area (Å²) in [5.41, 5.74) is 2.71. The third kappa shape index (κ3) is 1.96. The maximum Gasteiger partial charge on any atom is 0.137 e. The van der Waals surface area contributed by atoms with Crippen LogP contribution in [0.1, 0.15) is 17.8 Å². The van der Waals surface area contributed by atoms with Gasteiger partial charge in [-0.1, -0.05) is 12.1 Å². The molecule has 3 rings (SSSR count). The zero-order chi connectivity index (χ0) is 11.8. The Labute approximate surface area is 98.3 Å². The summed E-state index contributed by atoms with van der Waals surface area (Å²) in [5, 5.41) is 9.57. The van der Waals surface area contributed by atoms with Crippen LogP contribution in [0, 0.1) is 5.82 Å². The Hall–Kier alpha value is -1.68. The fourth-order valence-electron chi connectivity index (χ4n) is 2.23. The second kappa shape index (κ2) is 3.96. The van der Waals surface area contributed by atoms with Gasteiger partial charge >= 0.3 is 0 Å². The van der Waals surface area contributed by atoms with Gasteiger partial charge < -0.3 is 10.1 Å². The molecule has 1 aromatic carbocycles. The minimum absolute atomic E-state index is 0.267. The van der Waals surface area contributed by atoms with E-state index in [9.17, 15) is 9.50 Å². The molecule has 0 amide bonds. The SMILES string of the molecule is OC1CCc2nc(-c3cccc(F)c3)[nH]c2C1. The minimum atomic E-state index is -0.289. The first-order valence-electron chi connectivity index (χ1n) is 5.74. The van der Waals surface area contributed by atoms with Crippen LogP contribution in [0.3, 0.4) is 0 Å². The standard InChI is InChI=1S/C13H13FN2O/c14-9-3-1-2-8(6-9)13-15-11-5-4-10(17)7-12(11)16-13/h1-3,6,10,17H,4-5,7H2,(H,15,16). The number of benzene rings is 1. The molecule has 1 aliphatic rings. The molecule has 88 valence electrons. The van der Waals surface area contributed by atoms with E-state index in [1.54, 1.807) is 6.07 Å². The van der Waals surface area contributed by atoms with Crippen molar-refractivity contribution in [1.82, 2.24) is 9.97 Å². The van der Waals surface area contributed by atoms with Gasteiger partial charge in [-0.3, -0.25) is 0 Å². The van der Waals surface area contributed by atoms with Crippen LogP contribution < -0.4 is 0 Å². The quantitative estimate of drug-likeness (QED) is 0.790. The highest BCUT2D eigenvalue weighted by molar-refractivity contribution is 5.56. The number of nitrogens with one attached hydrogen (secondary N) is 1. The lowest BCUT2D eigenvalue weighted by Crippen LogP contribution is -2.18. The lowest BCUT2D eigenvalue weighted by Gasteiger charge is -2.14. The van der Waals surface area contributed by atoms with Crippen LogP contribution in [0.5, 0.6) is 0 Å². The Morgan fingerprint density at radius 3 is 3.12 bits per heavy atom. The van der Waals surface area contributed by atoms with Gasteiger partial charge in [-0.2, -0.15) is 0 Å². The van der Waals surface area contributed by atoms with E-state index >= 15 is 0 Å². The van der Waals surface area contributed by atoms with Gasteiger partial charge in [0.25, 0.3) is 0 Å². The zero-order valence-electron chi connectivity index (χ0n) is 9.28. The molecule has 0 bridgehead atoms. The van der Waals surface area contributed by atoms with E-state index < -0.39 is 0 Å². The van der Waals surface area contributed by atoms with Gasteiger partial charge in [0.1, 0.15) is 11.6 Å². The number of rotatable bonds is 1. The fraction of sp³-hybridized carbons (Fsp3) is 0.308. The van der Waals surface area contributed by atoms with E-state index in [0.717, 1.165) is 29.8 Å². The number of aliphatic hydroxyl groups excluding tert-OH is 1. The summed E-state index contributed by atoms with van der Waals surface area (Å²) in [4.78, 5) is 7.63. The maximum atomic E-state index is 13.1. The Bertz CT molecular complexity index is 550. The molecule has 0 saturated heterocycles. The van der Waals surface area contributed by atoms with Crippen molar-refractivity contribution < 1.29 is 9.50 Å². The second-order valence-corrected chi connectivity index (χ2v) is 4.42. The minimum Gasteiger partial charge on any atom is -0.393 e. The fourth-order valence-corrected chi connectivity index (χ4v) is 2.23. The monoisotopic (exact) mass is 232 g/mol. The summed E-state index contributed by atoms with van der Waals surface area (Å²) in [6.45, 7) is 0. The Morgan fingerprint density at radius 2 is 2.29 bits per heavy atom. The average molecular weight is 232 g/mol. The van der Waals surface area contributed by atoms with Gasteiger partial charge in [0.05, 0.1) is 11.8 Å². The molecule has 1 unspecified atom stereocenters. The lowest BCUT2D eigenvalue weighted by molar-refractivity contribution is 0.157. The molecule has 3 nitrogen and oxygen atoms in total. The number of nitrogens with zero attached hydrogens (tertiary/aromatic N) is 1. The molecule has 1 aliphatic carbocycles. The molecule has 1 heterocycles. The molecule has 17 heavy (non-hydrogen) atoms. The van der Waals surface area contributed by atoms with Gasteiger partial charge in [-0.25, -0.2) is 9.37 Å². The number of hydrogen-bond acceptors (Lipinski definition) is 2. The summed E-state index contributed by atoms with van der Waals surface area (Å²) in [6.07, 6.45) is 1.85. The van der Waals surface area contributed by atoms with Crippen molar-refractivity contribution in [3.8, 4) is 11.4 Å². The number of aryl methyl sites for hydroxylation is 1. The Morgan fingerprint density at radius 1 is 1.41 bits per heavy atom. The van der Waals surface area contributed by atoms with Gasteiger partial charge in [0, 0.05) is 17.7 Å². The van der Waals surface area contributed by atoms with Gasteiger partial charge in [0.15, 0.2) is 0 Å². The van der Waals surface area contributed by atoms with Gasteiger partial charge in [-0.15, -0.1) is 0 Å². The summed E-state index contributed by atoms with van der Waals surface area (Å²) >= 11 is 0. The Balaban J connectivity index is 2.00. The van der Waals surface area contributed by atoms with Crippen molar-refractivity contribution in [3.05, 3.63) is 41.5 Å². The topological polar surface area (TPSA) is 48.9 Å². The van der Waals surface area contributed by atoms with Crippen molar-refractivity contribution in [2.45, 2.75) is 25.4 Å². The number of aromatic amines is 1. The van der Waals surface area contributed by atoms with Crippen LogP contribution in [0.2, 0.25) is 0 Å². The van der Waals surface area contributed by atoms with Crippen LogP contribution in [0.4, 0.5) is 4.39 Å². The first-order chi connectivity index (χ1) is 8.22. The summed E-state index contributed by atoms with van der Waals surface area (Å²) in [6, 6.07) is 6.36. The molecule has 4 heteroatoms. The van der Waals surface area contributed by atoms with Crippen molar-refractivity contribution in [3.63, 3.8) is 0 Å². The molecule has 1 aromatic heterocycles. The third-order valence-corrected chi connectivity index (χ3v) is 3.12. The number of fused-ring (bicyclic) bond motifs is 1. The highest BCUT2D eigenvalue weighted by Crippen LogP contribution is 2.24. The van der Waals surface area contributed by atoms with Gasteiger partial charge in [-0.05, 0) is 25.0 Å². The van der Waals surface area contributed by atoms with Crippen molar-refractivity contribution in [2.75, 3.05) is 0 Å². The second-order valence-electron chi connectivity index (χ2n) is 4.42. The van der Waals surface area contributed by atoms with E-state index in [2.05, 4.69) is 9.97 Å².